The normalized spacial score (nSPS) is 26.9. The Morgan fingerprint density at radius 1 is 1.41 bits per heavy atom. The largest absolute Gasteiger partial charge is 0.371 e. The molecule has 2 aliphatic rings. The monoisotopic (exact) mass is 433 g/mol. The summed E-state index contributed by atoms with van der Waals surface area (Å²) < 4.78 is 2.84. The lowest BCUT2D eigenvalue weighted by Crippen LogP contribution is -2.40. The molecular weight excluding hydrogens is 406 g/mol. The molecule has 1 amide bonds. The Morgan fingerprint density at radius 3 is 2.90 bits per heavy atom. The molecular formula is C21H28ClN5OS. The molecule has 2 unspecified atom stereocenters. The van der Waals surface area contributed by atoms with Crippen LogP contribution in [0.2, 0.25) is 5.15 Å². The minimum Gasteiger partial charge on any atom is -0.371 e. The van der Waals surface area contributed by atoms with Gasteiger partial charge >= 0.3 is 0 Å². The number of hydrogen-bond donors (Lipinski definition) is 2. The van der Waals surface area contributed by atoms with Gasteiger partial charge in [0, 0.05) is 30.6 Å². The summed E-state index contributed by atoms with van der Waals surface area (Å²) in [6.07, 6.45) is 3.62. The van der Waals surface area contributed by atoms with Crippen LogP contribution in [0.3, 0.4) is 0 Å². The van der Waals surface area contributed by atoms with Crippen LogP contribution in [0.15, 0.2) is 42.2 Å². The second kappa shape index (κ2) is 8.79. The van der Waals surface area contributed by atoms with E-state index < -0.39 is 0 Å². The van der Waals surface area contributed by atoms with E-state index >= 15 is 0 Å². The molecule has 8 heteroatoms. The van der Waals surface area contributed by atoms with E-state index in [0.29, 0.717) is 39.2 Å². The molecule has 2 N–H and O–H groups in total. The van der Waals surface area contributed by atoms with Crippen LogP contribution in [-0.4, -0.2) is 34.6 Å². The molecule has 0 spiro atoms. The van der Waals surface area contributed by atoms with E-state index in [1.807, 2.05) is 0 Å². The number of nitrogens with zero attached hydrogens (tertiary/aromatic N) is 3. The van der Waals surface area contributed by atoms with E-state index in [0.717, 1.165) is 37.9 Å². The second-order valence-electron chi connectivity index (χ2n) is 8.22. The lowest BCUT2D eigenvalue weighted by atomic mass is 9.86. The maximum Gasteiger partial charge on any atom is 0.265 e. The van der Waals surface area contributed by atoms with Crippen LogP contribution in [0.1, 0.15) is 44.0 Å². The maximum atomic E-state index is 13.0. The molecule has 0 radical (unpaired) electrons. The summed E-state index contributed by atoms with van der Waals surface area (Å²) in [7, 11) is 0. The van der Waals surface area contributed by atoms with Gasteiger partial charge in [0.2, 0.25) is 0 Å². The summed E-state index contributed by atoms with van der Waals surface area (Å²) in [6.45, 7) is 16.0. The molecule has 2 bridgehead atoms. The van der Waals surface area contributed by atoms with E-state index in [2.05, 4.69) is 58.8 Å². The summed E-state index contributed by atoms with van der Waals surface area (Å²) in [5, 5.41) is 4.20. The Morgan fingerprint density at radius 2 is 2.17 bits per heavy atom. The molecule has 156 valence electrons. The van der Waals surface area contributed by atoms with Gasteiger partial charge in [-0.2, -0.15) is 0 Å². The van der Waals surface area contributed by atoms with Crippen molar-refractivity contribution in [1.29, 1.82) is 0 Å². The van der Waals surface area contributed by atoms with Crippen molar-refractivity contribution >= 4 is 40.3 Å². The minimum atomic E-state index is -0.246. The fourth-order valence-corrected chi connectivity index (χ4v) is 4.67. The predicted molar refractivity (Wildman–Crippen MR) is 122 cm³/mol. The quantitative estimate of drug-likeness (QED) is 0.507. The SMILES string of the molecule is C=C/C1=N\C(=C)NCCC(C)C2CN(c3nc(Cl)ccc3C(=O)NS1)C(C)(C)C2. The molecule has 29 heavy (non-hydrogen) atoms. The lowest BCUT2D eigenvalue weighted by molar-refractivity contribution is 0.0985. The average molecular weight is 434 g/mol. The molecule has 0 aromatic carbocycles. The van der Waals surface area contributed by atoms with Crippen molar-refractivity contribution < 1.29 is 4.79 Å². The third-order valence-electron chi connectivity index (χ3n) is 5.65. The van der Waals surface area contributed by atoms with Crippen molar-refractivity contribution in [2.75, 3.05) is 18.0 Å². The van der Waals surface area contributed by atoms with Gasteiger partial charge in [0.15, 0.2) is 0 Å². The van der Waals surface area contributed by atoms with Crippen molar-refractivity contribution in [1.82, 2.24) is 15.0 Å². The van der Waals surface area contributed by atoms with Crippen LogP contribution in [0.25, 0.3) is 0 Å². The average Bonchev–Trinajstić information content (AvgIpc) is 2.99. The van der Waals surface area contributed by atoms with E-state index in [4.69, 9.17) is 11.6 Å². The van der Waals surface area contributed by atoms with Gasteiger partial charge in [-0.05, 0) is 56.7 Å². The third kappa shape index (κ3) is 4.95. The number of aliphatic imine (C=N–C) groups is 1. The van der Waals surface area contributed by atoms with E-state index in [1.165, 1.54) is 0 Å². The van der Waals surface area contributed by atoms with Crippen molar-refractivity contribution in [3.8, 4) is 0 Å². The summed E-state index contributed by atoms with van der Waals surface area (Å²) in [4.78, 5) is 24.2. The third-order valence-corrected chi connectivity index (χ3v) is 6.62. The Labute approximate surface area is 182 Å². The Kier molecular flexibility index (Phi) is 6.58. The molecule has 0 saturated carbocycles. The number of amides is 1. The fourth-order valence-electron chi connectivity index (χ4n) is 3.98. The Balaban J connectivity index is 2.02. The molecule has 2 aliphatic heterocycles. The van der Waals surface area contributed by atoms with Gasteiger partial charge in [0.25, 0.3) is 5.91 Å². The van der Waals surface area contributed by atoms with Crippen LogP contribution < -0.4 is 14.9 Å². The van der Waals surface area contributed by atoms with E-state index in [9.17, 15) is 4.79 Å². The first-order valence-electron chi connectivity index (χ1n) is 9.76. The highest BCUT2D eigenvalue weighted by molar-refractivity contribution is 8.13. The molecule has 1 aromatic rings. The maximum absolute atomic E-state index is 13.0. The zero-order chi connectivity index (χ0) is 21.2. The molecule has 6 nitrogen and oxygen atoms in total. The van der Waals surface area contributed by atoms with Crippen LogP contribution in [0.4, 0.5) is 5.82 Å². The van der Waals surface area contributed by atoms with Gasteiger partial charge in [-0.1, -0.05) is 31.7 Å². The van der Waals surface area contributed by atoms with Crippen LogP contribution in [0, 0.1) is 11.8 Å². The zero-order valence-electron chi connectivity index (χ0n) is 17.2. The Bertz CT molecular complexity index is 853. The number of halogens is 1. The van der Waals surface area contributed by atoms with Crippen molar-refractivity contribution in [2.45, 2.75) is 39.2 Å². The minimum absolute atomic E-state index is 0.124. The van der Waals surface area contributed by atoms with Crippen LogP contribution in [-0.2, 0) is 0 Å². The number of anilines is 1. The first kappa shape index (κ1) is 21.7. The molecule has 2 atom stereocenters. The number of fused-ring (bicyclic) bond motifs is 4. The highest BCUT2D eigenvalue weighted by Gasteiger charge is 2.42. The summed E-state index contributed by atoms with van der Waals surface area (Å²) in [5.74, 6) is 1.93. The standard InChI is InChI=1S/C21H28ClN5OS/c1-6-18-24-14(3)23-10-9-13(2)15-11-21(4,5)27(12-15)19-16(20(28)26-29-18)7-8-17(22)25-19/h6-8,13,15,23H,1,3,9-12H2,2,4-5H3,(H,26,28)/b24-18+. The zero-order valence-corrected chi connectivity index (χ0v) is 18.7. The molecule has 1 aromatic heterocycles. The van der Waals surface area contributed by atoms with E-state index in [1.54, 1.807) is 18.2 Å². The van der Waals surface area contributed by atoms with E-state index in [-0.39, 0.29) is 11.4 Å². The number of aromatic nitrogens is 1. The summed E-state index contributed by atoms with van der Waals surface area (Å²) in [6, 6.07) is 3.38. The number of carbonyl (C=O) groups excluding carboxylic acids is 1. The van der Waals surface area contributed by atoms with Crippen LogP contribution >= 0.6 is 23.5 Å². The molecule has 1 fully saturated rings. The fraction of sp³-hybridized carbons (Fsp3) is 0.476. The molecule has 1 saturated heterocycles. The summed E-state index contributed by atoms with van der Waals surface area (Å²) in [5.41, 5.74) is 0.374. The van der Waals surface area contributed by atoms with Gasteiger partial charge in [0.05, 0.1) is 5.56 Å². The lowest BCUT2D eigenvalue weighted by Gasteiger charge is -2.33. The number of pyridine rings is 1. The van der Waals surface area contributed by atoms with Crippen molar-refractivity contribution in [3.05, 3.63) is 47.9 Å². The number of nitrogens with one attached hydrogen (secondary N) is 2. The number of carbonyl (C=O) groups is 1. The summed E-state index contributed by atoms with van der Waals surface area (Å²) >= 11 is 7.32. The van der Waals surface area contributed by atoms with Gasteiger partial charge in [0.1, 0.15) is 21.8 Å². The second-order valence-corrected chi connectivity index (χ2v) is 9.43. The smallest absolute Gasteiger partial charge is 0.265 e. The van der Waals surface area contributed by atoms with Gasteiger partial charge in [-0.15, -0.1) is 0 Å². The highest BCUT2D eigenvalue weighted by atomic mass is 35.5. The predicted octanol–water partition coefficient (Wildman–Crippen LogP) is 4.40. The number of hydrogen-bond acceptors (Lipinski definition) is 6. The van der Waals surface area contributed by atoms with Gasteiger partial charge in [-0.3, -0.25) is 9.52 Å². The molecule has 3 rings (SSSR count). The molecule has 0 aliphatic carbocycles. The first-order valence-corrected chi connectivity index (χ1v) is 11.0. The Hall–Kier alpha value is -1.99. The van der Waals surface area contributed by atoms with Crippen molar-refractivity contribution in [2.24, 2.45) is 16.8 Å². The van der Waals surface area contributed by atoms with Crippen LogP contribution in [0.5, 0.6) is 0 Å². The van der Waals surface area contributed by atoms with Gasteiger partial charge in [-0.25, -0.2) is 9.98 Å². The van der Waals surface area contributed by atoms with Crippen molar-refractivity contribution in [3.63, 3.8) is 0 Å². The topological polar surface area (TPSA) is 69.6 Å². The molecule has 3 heterocycles. The number of rotatable bonds is 1. The van der Waals surface area contributed by atoms with Gasteiger partial charge < -0.3 is 10.2 Å². The highest BCUT2D eigenvalue weighted by Crippen LogP contribution is 2.41. The first-order chi connectivity index (χ1) is 13.7.